The zero-order chi connectivity index (χ0) is 32.3. The van der Waals surface area contributed by atoms with E-state index in [-0.39, 0.29) is 10.6 Å². The first-order valence-electron chi connectivity index (χ1n) is 14.4. The van der Waals surface area contributed by atoms with Gasteiger partial charge in [-0.1, -0.05) is 146 Å². The normalized spacial score (nSPS) is 12.1. The number of rotatable bonds is 7. The van der Waals surface area contributed by atoms with Crippen molar-refractivity contribution in [1.82, 2.24) is 0 Å². The van der Waals surface area contributed by atoms with Crippen LogP contribution in [0.2, 0.25) is 0 Å². The number of hydrogen-bond acceptors (Lipinski definition) is 0. The maximum atomic E-state index is 15.1. The number of hydrogen-bond donors (Lipinski definition) is 0. The lowest BCUT2D eigenvalue weighted by molar-refractivity contribution is -0.139. The first-order chi connectivity index (χ1) is 22.1. The molecular formula is C38H26F6P2. The Kier molecular flexibility index (Phi) is 9.13. The Morgan fingerprint density at radius 1 is 0.304 bits per heavy atom. The Bertz CT molecular complexity index is 1690. The highest BCUT2D eigenvalue weighted by Gasteiger charge is 2.42. The molecule has 230 valence electrons. The van der Waals surface area contributed by atoms with Crippen LogP contribution in [-0.4, -0.2) is 0 Å². The van der Waals surface area contributed by atoms with Crippen molar-refractivity contribution in [1.29, 1.82) is 0 Å². The van der Waals surface area contributed by atoms with E-state index in [0.29, 0.717) is 0 Å². The van der Waals surface area contributed by atoms with Gasteiger partial charge in [0.2, 0.25) is 0 Å². The van der Waals surface area contributed by atoms with E-state index in [1.54, 1.807) is 84.9 Å². The van der Waals surface area contributed by atoms with Crippen LogP contribution in [0.1, 0.15) is 11.1 Å². The maximum absolute atomic E-state index is 15.1. The Morgan fingerprint density at radius 2 is 0.565 bits per heavy atom. The van der Waals surface area contributed by atoms with Gasteiger partial charge in [0.25, 0.3) is 0 Å². The zero-order valence-corrected chi connectivity index (χ0v) is 26.0. The lowest BCUT2D eigenvalue weighted by Crippen LogP contribution is -2.29. The van der Waals surface area contributed by atoms with Crippen LogP contribution in [0.3, 0.4) is 0 Å². The Hall–Kier alpha value is -4.24. The third-order valence-electron chi connectivity index (χ3n) is 7.49. The fourth-order valence-corrected chi connectivity index (χ4v) is 10.6. The van der Waals surface area contributed by atoms with Gasteiger partial charge in [0.1, 0.15) is 0 Å². The van der Waals surface area contributed by atoms with E-state index < -0.39 is 50.4 Å². The van der Waals surface area contributed by atoms with Crippen molar-refractivity contribution in [3.63, 3.8) is 0 Å². The summed E-state index contributed by atoms with van der Waals surface area (Å²) in [6, 6.07) is 43.6. The molecule has 8 heteroatoms. The molecule has 0 saturated heterocycles. The second kappa shape index (κ2) is 13.2. The summed E-state index contributed by atoms with van der Waals surface area (Å²) in [5.74, 6) is 0. The van der Waals surface area contributed by atoms with Crippen molar-refractivity contribution in [2.24, 2.45) is 0 Å². The van der Waals surface area contributed by atoms with Crippen molar-refractivity contribution in [2.75, 3.05) is 0 Å². The monoisotopic (exact) mass is 658 g/mol. The summed E-state index contributed by atoms with van der Waals surface area (Å²) >= 11 is 0. The van der Waals surface area contributed by atoms with E-state index in [1.165, 1.54) is 12.1 Å². The zero-order valence-electron chi connectivity index (χ0n) is 24.2. The topological polar surface area (TPSA) is 0 Å². The SMILES string of the molecule is FC(F)(F)c1cccc(P(c2ccccc2)c2ccccc2)c1-c1c(P(c2ccccc2)c2ccccc2)cccc1C(F)(F)F. The summed E-state index contributed by atoms with van der Waals surface area (Å²) in [4.78, 5) is 0. The second-order valence-corrected chi connectivity index (χ2v) is 14.8. The van der Waals surface area contributed by atoms with Gasteiger partial charge in [-0.05, 0) is 59.8 Å². The highest BCUT2D eigenvalue weighted by Crippen LogP contribution is 2.48. The lowest BCUT2D eigenvalue weighted by atomic mass is 9.94. The van der Waals surface area contributed by atoms with Crippen LogP contribution >= 0.6 is 15.8 Å². The molecule has 0 bridgehead atoms. The van der Waals surface area contributed by atoms with E-state index in [4.69, 9.17) is 0 Å². The van der Waals surface area contributed by atoms with E-state index in [0.717, 1.165) is 33.4 Å². The predicted molar refractivity (Wildman–Crippen MR) is 179 cm³/mol. The first-order valence-corrected chi connectivity index (χ1v) is 17.0. The van der Waals surface area contributed by atoms with E-state index in [9.17, 15) is 0 Å². The molecule has 0 spiro atoms. The second-order valence-electron chi connectivity index (χ2n) is 10.4. The largest absolute Gasteiger partial charge is 0.417 e. The van der Waals surface area contributed by atoms with Gasteiger partial charge in [0.15, 0.2) is 0 Å². The molecule has 0 fully saturated rings. The highest BCUT2D eigenvalue weighted by molar-refractivity contribution is 7.80. The van der Waals surface area contributed by atoms with Crippen molar-refractivity contribution in [2.45, 2.75) is 12.4 Å². The molecule has 0 unspecified atom stereocenters. The average molecular weight is 659 g/mol. The summed E-state index contributed by atoms with van der Waals surface area (Å²) in [6.07, 6.45) is -9.87. The Morgan fingerprint density at radius 3 is 0.804 bits per heavy atom. The fraction of sp³-hybridized carbons (Fsp3) is 0.0526. The van der Waals surface area contributed by atoms with Crippen molar-refractivity contribution < 1.29 is 26.3 Å². The van der Waals surface area contributed by atoms with Crippen LogP contribution in [0.5, 0.6) is 0 Å². The van der Waals surface area contributed by atoms with Crippen LogP contribution in [0.4, 0.5) is 26.3 Å². The van der Waals surface area contributed by atoms with Crippen molar-refractivity contribution >= 4 is 47.7 Å². The summed E-state index contributed by atoms with van der Waals surface area (Å²) in [5.41, 5.74) is -3.07. The molecule has 6 aromatic carbocycles. The van der Waals surface area contributed by atoms with Gasteiger partial charge in [-0.15, -0.1) is 0 Å². The van der Waals surface area contributed by atoms with Gasteiger partial charge >= 0.3 is 12.4 Å². The number of alkyl halides is 6. The molecule has 0 saturated carbocycles. The summed E-state index contributed by atoms with van der Waals surface area (Å²) in [7, 11) is -3.40. The number of halogens is 6. The highest BCUT2D eigenvalue weighted by atomic mass is 31.1. The molecule has 0 aliphatic rings. The molecule has 0 heterocycles. The van der Waals surface area contributed by atoms with Gasteiger partial charge < -0.3 is 0 Å². The van der Waals surface area contributed by atoms with Gasteiger partial charge in [0.05, 0.1) is 11.1 Å². The maximum Gasteiger partial charge on any atom is 0.417 e. The molecule has 0 aliphatic carbocycles. The molecule has 0 amide bonds. The quantitative estimate of drug-likeness (QED) is 0.119. The van der Waals surface area contributed by atoms with E-state index >= 15 is 26.3 Å². The molecule has 0 atom stereocenters. The van der Waals surface area contributed by atoms with Crippen LogP contribution in [0, 0.1) is 0 Å². The van der Waals surface area contributed by atoms with Gasteiger partial charge in [-0.3, -0.25) is 0 Å². The molecule has 6 aromatic rings. The summed E-state index contributed by atoms with van der Waals surface area (Å²) in [6.45, 7) is 0. The third kappa shape index (κ3) is 6.51. The molecule has 46 heavy (non-hydrogen) atoms. The molecular weight excluding hydrogens is 632 g/mol. The van der Waals surface area contributed by atoms with E-state index in [1.807, 2.05) is 48.5 Å². The predicted octanol–water partition coefficient (Wildman–Crippen LogP) is 8.91. The molecule has 0 nitrogen and oxygen atoms in total. The average Bonchev–Trinajstić information content (AvgIpc) is 3.06. The third-order valence-corrected chi connectivity index (χ3v) is 12.5. The van der Waals surface area contributed by atoms with E-state index in [2.05, 4.69) is 0 Å². The lowest BCUT2D eigenvalue weighted by Gasteiger charge is -2.30. The minimum Gasteiger partial charge on any atom is -0.166 e. The van der Waals surface area contributed by atoms with Gasteiger partial charge in [-0.2, -0.15) is 26.3 Å². The molecule has 6 rings (SSSR count). The fourth-order valence-electron chi connectivity index (χ4n) is 5.61. The van der Waals surface area contributed by atoms with Crippen LogP contribution in [0.15, 0.2) is 158 Å². The smallest absolute Gasteiger partial charge is 0.166 e. The van der Waals surface area contributed by atoms with Crippen LogP contribution in [0.25, 0.3) is 11.1 Å². The molecule has 0 radical (unpaired) electrons. The van der Waals surface area contributed by atoms with Crippen LogP contribution < -0.4 is 31.8 Å². The Balaban J connectivity index is 1.78. The standard InChI is InChI=1S/C38H26F6P2/c39-37(40,41)31-23-13-25-33(45(27-15-5-1-6-16-27)28-17-7-2-8-18-28)35(31)36-32(38(42,43)44)24-14-26-34(36)46(29-19-9-3-10-20-29)30-21-11-4-12-22-30/h1-26H. The summed E-state index contributed by atoms with van der Waals surface area (Å²) in [5, 5.41) is 3.31. The van der Waals surface area contributed by atoms with Crippen molar-refractivity contribution in [3.05, 3.63) is 169 Å². The molecule has 0 aromatic heterocycles. The van der Waals surface area contributed by atoms with Crippen molar-refractivity contribution in [3.8, 4) is 11.1 Å². The minimum atomic E-state index is -4.93. The summed E-state index contributed by atoms with van der Waals surface area (Å²) < 4.78 is 90.7. The molecule has 0 aliphatic heterocycles. The Labute approximate surface area is 265 Å². The minimum absolute atomic E-state index is 0.205. The van der Waals surface area contributed by atoms with Crippen LogP contribution in [-0.2, 0) is 12.4 Å². The van der Waals surface area contributed by atoms with Gasteiger partial charge in [0, 0.05) is 11.1 Å². The molecule has 0 N–H and O–H groups in total. The first kappa shape index (κ1) is 31.7. The number of benzene rings is 6. The van der Waals surface area contributed by atoms with Gasteiger partial charge in [-0.25, -0.2) is 0 Å².